The minimum Gasteiger partial charge on any atom is -0.390 e. The summed E-state index contributed by atoms with van der Waals surface area (Å²) >= 11 is 0. The largest absolute Gasteiger partial charge is 0.390 e. The second-order valence-corrected chi connectivity index (χ2v) is 5.13. The van der Waals surface area contributed by atoms with E-state index in [1.807, 2.05) is 6.92 Å². The van der Waals surface area contributed by atoms with Crippen LogP contribution in [0, 0.1) is 0 Å². The van der Waals surface area contributed by atoms with Gasteiger partial charge in [0.25, 0.3) is 0 Å². The highest BCUT2D eigenvalue weighted by atomic mass is 16.3. The van der Waals surface area contributed by atoms with Crippen molar-refractivity contribution in [1.82, 2.24) is 0 Å². The Labute approximate surface area is 95.6 Å². The standard InChI is InChI=1S/C14H28O/c1-5-6-7-8-11-14(4,15)12-9-10-13(2)3/h10,15H,5-9,11-12H2,1-4H3. The van der Waals surface area contributed by atoms with E-state index in [4.69, 9.17) is 0 Å². The first-order valence-corrected chi connectivity index (χ1v) is 6.33. The Hall–Kier alpha value is -0.300. The fraction of sp³-hybridized carbons (Fsp3) is 0.857. The van der Waals surface area contributed by atoms with Crippen LogP contribution in [0.1, 0.15) is 72.6 Å². The number of hydrogen-bond acceptors (Lipinski definition) is 1. The number of unbranched alkanes of at least 4 members (excludes halogenated alkanes) is 3. The van der Waals surface area contributed by atoms with Crippen molar-refractivity contribution < 1.29 is 5.11 Å². The molecule has 1 atom stereocenters. The van der Waals surface area contributed by atoms with Gasteiger partial charge < -0.3 is 5.11 Å². The van der Waals surface area contributed by atoms with Crippen molar-refractivity contribution in [3.63, 3.8) is 0 Å². The quantitative estimate of drug-likeness (QED) is 0.465. The lowest BCUT2D eigenvalue weighted by molar-refractivity contribution is 0.0402. The van der Waals surface area contributed by atoms with E-state index in [-0.39, 0.29) is 0 Å². The third kappa shape index (κ3) is 9.99. The Morgan fingerprint density at radius 3 is 2.33 bits per heavy atom. The van der Waals surface area contributed by atoms with Gasteiger partial charge in [-0.05, 0) is 40.0 Å². The van der Waals surface area contributed by atoms with Crippen molar-refractivity contribution in [3.05, 3.63) is 11.6 Å². The van der Waals surface area contributed by atoms with Crippen molar-refractivity contribution in [1.29, 1.82) is 0 Å². The molecule has 0 spiro atoms. The van der Waals surface area contributed by atoms with Crippen LogP contribution in [0.5, 0.6) is 0 Å². The van der Waals surface area contributed by atoms with Crippen LogP contribution in [-0.2, 0) is 0 Å². The Balaban J connectivity index is 3.62. The summed E-state index contributed by atoms with van der Waals surface area (Å²) in [5, 5.41) is 10.1. The maximum absolute atomic E-state index is 10.1. The predicted molar refractivity (Wildman–Crippen MR) is 68.0 cm³/mol. The van der Waals surface area contributed by atoms with Gasteiger partial charge >= 0.3 is 0 Å². The van der Waals surface area contributed by atoms with Crippen molar-refractivity contribution in [3.8, 4) is 0 Å². The topological polar surface area (TPSA) is 20.2 Å². The van der Waals surface area contributed by atoms with E-state index in [1.54, 1.807) is 0 Å². The smallest absolute Gasteiger partial charge is 0.0622 e. The molecule has 1 unspecified atom stereocenters. The molecule has 0 rings (SSSR count). The molecule has 0 amide bonds. The Kier molecular flexibility index (Phi) is 7.76. The molecule has 1 heteroatoms. The minimum atomic E-state index is -0.459. The van der Waals surface area contributed by atoms with Crippen molar-refractivity contribution in [2.45, 2.75) is 78.2 Å². The average Bonchev–Trinajstić information content (AvgIpc) is 2.11. The second kappa shape index (κ2) is 7.92. The summed E-state index contributed by atoms with van der Waals surface area (Å²) in [6, 6.07) is 0. The summed E-state index contributed by atoms with van der Waals surface area (Å²) in [6.45, 7) is 8.40. The van der Waals surface area contributed by atoms with Gasteiger partial charge in [-0.15, -0.1) is 0 Å². The first kappa shape index (κ1) is 14.7. The van der Waals surface area contributed by atoms with Crippen LogP contribution in [0.15, 0.2) is 11.6 Å². The highest BCUT2D eigenvalue weighted by Gasteiger charge is 2.18. The summed E-state index contributed by atoms with van der Waals surface area (Å²) in [7, 11) is 0. The summed E-state index contributed by atoms with van der Waals surface area (Å²) in [4.78, 5) is 0. The summed E-state index contributed by atoms with van der Waals surface area (Å²) in [6.07, 6.45) is 10.0. The normalized spacial score (nSPS) is 14.7. The molecule has 90 valence electrons. The molecule has 1 N–H and O–H groups in total. The maximum atomic E-state index is 10.1. The van der Waals surface area contributed by atoms with Crippen LogP contribution in [0.3, 0.4) is 0 Å². The number of aliphatic hydroxyl groups is 1. The zero-order valence-electron chi connectivity index (χ0n) is 11.0. The molecule has 1 nitrogen and oxygen atoms in total. The van der Waals surface area contributed by atoms with E-state index in [2.05, 4.69) is 26.8 Å². The SMILES string of the molecule is CCCCCCC(C)(O)CCC=C(C)C. The molecule has 0 saturated carbocycles. The van der Waals surface area contributed by atoms with Gasteiger partial charge in [0.15, 0.2) is 0 Å². The van der Waals surface area contributed by atoms with Gasteiger partial charge in [-0.3, -0.25) is 0 Å². The molecule has 0 fully saturated rings. The van der Waals surface area contributed by atoms with E-state index in [9.17, 15) is 5.11 Å². The van der Waals surface area contributed by atoms with E-state index < -0.39 is 5.60 Å². The molecule has 0 radical (unpaired) electrons. The third-order valence-corrected chi connectivity index (χ3v) is 2.80. The van der Waals surface area contributed by atoms with Gasteiger partial charge in [0.1, 0.15) is 0 Å². The molecule has 0 bridgehead atoms. The lowest BCUT2D eigenvalue weighted by atomic mass is 9.92. The molecule has 0 aromatic carbocycles. The molecule has 0 aliphatic heterocycles. The van der Waals surface area contributed by atoms with Crippen molar-refractivity contribution in [2.24, 2.45) is 0 Å². The Bertz CT molecular complexity index is 176. The Morgan fingerprint density at radius 1 is 1.13 bits per heavy atom. The van der Waals surface area contributed by atoms with Crippen molar-refractivity contribution in [2.75, 3.05) is 0 Å². The molecule has 0 aromatic rings. The Morgan fingerprint density at radius 2 is 1.80 bits per heavy atom. The van der Waals surface area contributed by atoms with Gasteiger partial charge in [-0.25, -0.2) is 0 Å². The van der Waals surface area contributed by atoms with Gasteiger partial charge in [0.05, 0.1) is 5.60 Å². The van der Waals surface area contributed by atoms with Gasteiger partial charge in [0, 0.05) is 0 Å². The molecule has 0 aliphatic carbocycles. The van der Waals surface area contributed by atoms with Gasteiger partial charge in [-0.2, -0.15) is 0 Å². The van der Waals surface area contributed by atoms with Gasteiger partial charge in [0.2, 0.25) is 0 Å². The summed E-state index contributed by atoms with van der Waals surface area (Å²) in [5.41, 5.74) is 0.886. The van der Waals surface area contributed by atoms with Crippen molar-refractivity contribution >= 4 is 0 Å². The van der Waals surface area contributed by atoms with E-state index in [0.717, 1.165) is 25.7 Å². The zero-order valence-corrected chi connectivity index (χ0v) is 11.0. The molecule has 15 heavy (non-hydrogen) atoms. The molecule has 0 aliphatic rings. The monoisotopic (exact) mass is 212 g/mol. The molecule has 0 heterocycles. The van der Waals surface area contributed by atoms with E-state index >= 15 is 0 Å². The highest BCUT2D eigenvalue weighted by Crippen LogP contribution is 2.21. The summed E-state index contributed by atoms with van der Waals surface area (Å²) < 4.78 is 0. The number of hydrogen-bond donors (Lipinski definition) is 1. The molecule has 0 saturated heterocycles. The first-order valence-electron chi connectivity index (χ1n) is 6.33. The van der Waals surface area contributed by atoms with Gasteiger partial charge in [-0.1, -0.05) is 44.3 Å². The van der Waals surface area contributed by atoms with Crippen LogP contribution in [0.2, 0.25) is 0 Å². The predicted octanol–water partition coefficient (Wildman–Crippen LogP) is 4.45. The van der Waals surface area contributed by atoms with Crippen LogP contribution >= 0.6 is 0 Å². The lowest BCUT2D eigenvalue weighted by Crippen LogP contribution is -2.23. The molecular formula is C14H28O. The zero-order chi connectivity index (χ0) is 11.7. The fourth-order valence-electron chi connectivity index (χ4n) is 1.73. The number of rotatable bonds is 8. The van der Waals surface area contributed by atoms with Crippen LogP contribution in [-0.4, -0.2) is 10.7 Å². The minimum absolute atomic E-state index is 0.459. The maximum Gasteiger partial charge on any atom is 0.0622 e. The van der Waals surface area contributed by atoms with Crippen LogP contribution < -0.4 is 0 Å². The highest BCUT2D eigenvalue weighted by molar-refractivity contribution is 4.94. The van der Waals surface area contributed by atoms with E-state index in [0.29, 0.717) is 0 Å². The van der Waals surface area contributed by atoms with Crippen LogP contribution in [0.25, 0.3) is 0 Å². The number of allylic oxidation sites excluding steroid dienone is 2. The fourth-order valence-corrected chi connectivity index (χ4v) is 1.73. The second-order valence-electron chi connectivity index (χ2n) is 5.13. The first-order chi connectivity index (χ1) is 6.98. The molecular weight excluding hydrogens is 184 g/mol. The molecule has 0 aromatic heterocycles. The van der Waals surface area contributed by atoms with Crippen LogP contribution in [0.4, 0.5) is 0 Å². The lowest BCUT2D eigenvalue weighted by Gasteiger charge is -2.22. The average molecular weight is 212 g/mol. The summed E-state index contributed by atoms with van der Waals surface area (Å²) in [5.74, 6) is 0. The van der Waals surface area contributed by atoms with E-state index in [1.165, 1.54) is 24.8 Å². The third-order valence-electron chi connectivity index (χ3n) is 2.80.